The number of thiazole rings is 1. The fourth-order valence-corrected chi connectivity index (χ4v) is 5.13. The number of aromatic nitrogens is 1. The highest BCUT2D eigenvalue weighted by Gasteiger charge is 2.50. The van der Waals surface area contributed by atoms with E-state index in [1.807, 2.05) is 0 Å². The van der Waals surface area contributed by atoms with Crippen molar-refractivity contribution in [2.24, 2.45) is 0 Å². The number of carbonyl (C=O) groups is 2. The molecule has 4 rings (SSSR count). The van der Waals surface area contributed by atoms with Crippen LogP contribution in [0.3, 0.4) is 0 Å². The van der Waals surface area contributed by atoms with Crippen LogP contribution in [0.4, 0.5) is 14.5 Å². The van der Waals surface area contributed by atoms with Gasteiger partial charge in [0, 0.05) is 35.8 Å². The van der Waals surface area contributed by atoms with Gasteiger partial charge in [-0.1, -0.05) is 23.2 Å². The molecule has 0 bridgehead atoms. The second-order valence-corrected chi connectivity index (χ2v) is 9.15. The molecule has 2 aliphatic rings. The third kappa shape index (κ3) is 3.38. The van der Waals surface area contributed by atoms with Crippen LogP contribution in [0.5, 0.6) is 0 Å². The molecule has 0 aliphatic carbocycles. The molecule has 1 saturated heterocycles. The van der Waals surface area contributed by atoms with Crippen molar-refractivity contribution in [1.29, 1.82) is 0 Å². The minimum Gasteiger partial charge on any atom is -0.337 e. The fraction of sp³-hybridized carbons (Fsp3) is 0.389. The zero-order valence-corrected chi connectivity index (χ0v) is 16.8. The van der Waals surface area contributed by atoms with E-state index in [9.17, 15) is 18.4 Å². The monoisotopic (exact) mass is 445 g/mol. The van der Waals surface area contributed by atoms with Gasteiger partial charge >= 0.3 is 6.43 Å². The average Bonchev–Trinajstić information content (AvgIpc) is 3.34. The second-order valence-electron chi connectivity index (χ2n) is 6.97. The van der Waals surface area contributed by atoms with Gasteiger partial charge in [0.25, 0.3) is 5.91 Å². The third-order valence-electron chi connectivity index (χ3n) is 5.26. The first-order valence-corrected chi connectivity index (χ1v) is 10.1. The first-order chi connectivity index (χ1) is 13.3. The number of nitrogens with zero attached hydrogens (tertiary/aromatic N) is 3. The number of hydrogen-bond acceptors (Lipinski definition) is 4. The van der Waals surface area contributed by atoms with Gasteiger partial charge in [0.05, 0.1) is 12.6 Å². The molecule has 10 heteroatoms. The molecule has 0 saturated carbocycles. The lowest BCUT2D eigenvalue weighted by atomic mass is 9.81. The average molecular weight is 446 g/mol. The van der Waals surface area contributed by atoms with Crippen molar-refractivity contribution in [2.75, 3.05) is 24.5 Å². The molecular weight excluding hydrogens is 431 g/mol. The molecule has 1 unspecified atom stereocenters. The fourth-order valence-electron chi connectivity index (χ4n) is 4.01. The van der Waals surface area contributed by atoms with Crippen molar-refractivity contribution >= 4 is 52.0 Å². The Labute approximate surface area is 173 Å². The summed E-state index contributed by atoms with van der Waals surface area (Å²) in [6, 6.07) is 5.22. The van der Waals surface area contributed by atoms with Crippen LogP contribution in [0.2, 0.25) is 9.36 Å². The van der Waals surface area contributed by atoms with Crippen LogP contribution < -0.4 is 4.90 Å². The van der Waals surface area contributed by atoms with Crippen LogP contribution in [-0.2, 0) is 21.4 Å². The van der Waals surface area contributed by atoms with E-state index in [2.05, 4.69) is 4.98 Å². The number of likely N-dealkylation sites (tertiary alicyclic amines) is 1. The highest BCUT2D eigenvalue weighted by atomic mass is 35.5. The molecule has 1 aromatic carbocycles. The lowest BCUT2D eigenvalue weighted by Crippen LogP contribution is -2.41. The number of anilines is 1. The Kier molecular flexibility index (Phi) is 5.05. The maximum atomic E-state index is 13.0. The molecular formula is C18H15Cl2F2N3O2S. The first kappa shape index (κ1) is 19.5. The largest absolute Gasteiger partial charge is 0.337 e. The van der Waals surface area contributed by atoms with E-state index in [4.69, 9.17) is 23.2 Å². The van der Waals surface area contributed by atoms with E-state index < -0.39 is 17.7 Å². The molecule has 0 radical (unpaired) electrons. The summed E-state index contributed by atoms with van der Waals surface area (Å²) in [6.45, 7) is 0.670. The lowest BCUT2D eigenvalue weighted by molar-refractivity contribution is -0.141. The molecule has 5 nitrogen and oxygen atoms in total. The summed E-state index contributed by atoms with van der Waals surface area (Å²) in [7, 11) is 0. The van der Waals surface area contributed by atoms with E-state index in [1.54, 1.807) is 23.1 Å². The maximum absolute atomic E-state index is 13.0. The Balaban J connectivity index is 1.63. The molecule has 1 atom stereocenters. The van der Waals surface area contributed by atoms with Crippen molar-refractivity contribution in [3.8, 4) is 0 Å². The van der Waals surface area contributed by atoms with Crippen molar-refractivity contribution in [3.05, 3.63) is 44.3 Å². The van der Waals surface area contributed by atoms with E-state index in [-0.39, 0.29) is 25.4 Å². The number of hydrogen-bond donors (Lipinski definition) is 0. The summed E-state index contributed by atoms with van der Waals surface area (Å²) in [4.78, 5) is 31.7. The van der Waals surface area contributed by atoms with Gasteiger partial charge in [-0.2, -0.15) is 8.78 Å². The van der Waals surface area contributed by atoms with E-state index in [0.717, 1.165) is 5.56 Å². The highest BCUT2D eigenvalue weighted by Crippen LogP contribution is 2.47. The van der Waals surface area contributed by atoms with E-state index in [0.29, 0.717) is 33.0 Å². The van der Waals surface area contributed by atoms with Gasteiger partial charge in [0.15, 0.2) is 0 Å². The molecule has 2 aliphatic heterocycles. The van der Waals surface area contributed by atoms with Crippen molar-refractivity contribution in [2.45, 2.75) is 24.7 Å². The van der Waals surface area contributed by atoms with Crippen LogP contribution in [-0.4, -0.2) is 47.8 Å². The topological polar surface area (TPSA) is 53.5 Å². The number of fused-ring (bicyclic) bond motifs is 2. The quantitative estimate of drug-likeness (QED) is 0.722. The van der Waals surface area contributed by atoms with Gasteiger partial charge in [-0.3, -0.25) is 9.59 Å². The summed E-state index contributed by atoms with van der Waals surface area (Å²) in [5, 5.41) is 1.10. The minimum absolute atomic E-state index is 0.0925. The molecule has 148 valence electrons. The van der Waals surface area contributed by atoms with Crippen LogP contribution in [0, 0.1) is 0 Å². The molecule has 1 aromatic heterocycles. The molecule has 0 N–H and O–H groups in total. The Bertz CT molecular complexity index is 955. The normalized spacial score (nSPS) is 21.0. The Morgan fingerprint density at radius 1 is 1.29 bits per heavy atom. The number of alkyl halides is 2. The number of benzene rings is 1. The zero-order chi connectivity index (χ0) is 20.1. The van der Waals surface area contributed by atoms with Gasteiger partial charge in [-0.05, 0) is 30.2 Å². The summed E-state index contributed by atoms with van der Waals surface area (Å²) < 4.78 is 26.2. The van der Waals surface area contributed by atoms with Gasteiger partial charge in [-0.15, -0.1) is 11.3 Å². The Morgan fingerprint density at radius 3 is 2.75 bits per heavy atom. The maximum Gasteiger partial charge on any atom is 0.315 e. The molecule has 2 aromatic rings. The predicted molar refractivity (Wildman–Crippen MR) is 104 cm³/mol. The van der Waals surface area contributed by atoms with Gasteiger partial charge in [-0.25, -0.2) is 4.98 Å². The van der Waals surface area contributed by atoms with Crippen LogP contribution in [0.25, 0.3) is 0 Å². The van der Waals surface area contributed by atoms with E-state index in [1.165, 1.54) is 22.4 Å². The molecule has 3 heterocycles. The van der Waals surface area contributed by atoms with Crippen LogP contribution in [0.1, 0.15) is 17.0 Å². The summed E-state index contributed by atoms with van der Waals surface area (Å²) >= 11 is 13.3. The van der Waals surface area contributed by atoms with Crippen LogP contribution in [0.15, 0.2) is 24.4 Å². The smallest absolute Gasteiger partial charge is 0.315 e. The van der Waals surface area contributed by atoms with Crippen molar-refractivity contribution < 1.29 is 18.4 Å². The Morgan fingerprint density at radius 2 is 2.07 bits per heavy atom. The molecule has 1 spiro atoms. The summed E-state index contributed by atoms with van der Waals surface area (Å²) in [5.41, 5.74) is 0.916. The predicted octanol–water partition coefficient (Wildman–Crippen LogP) is 3.77. The minimum atomic E-state index is -3.04. The molecule has 2 amide bonds. The second kappa shape index (κ2) is 7.24. The highest BCUT2D eigenvalue weighted by molar-refractivity contribution is 7.15. The molecule has 1 fully saturated rings. The van der Waals surface area contributed by atoms with Crippen molar-refractivity contribution in [1.82, 2.24) is 9.88 Å². The van der Waals surface area contributed by atoms with Gasteiger partial charge < -0.3 is 9.80 Å². The van der Waals surface area contributed by atoms with Gasteiger partial charge in [0.2, 0.25) is 5.91 Å². The van der Waals surface area contributed by atoms with Crippen LogP contribution >= 0.6 is 34.5 Å². The number of rotatable bonds is 3. The Hall–Kier alpha value is -1.77. The van der Waals surface area contributed by atoms with Crippen molar-refractivity contribution in [3.63, 3.8) is 0 Å². The number of halogens is 4. The SMILES string of the molecule is O=C(C(F)F)N1CCC2(C1)CN(C(=O)Cc1ncc(Cl)s1)c1ccc(Cl)cc12. The van der Waals surface area contributed by atoms with E-state index >= 15 is 0 Å². The third-order valence-corrected chi connectivity index (χ3v) is 6.61. The lowest BCUT2D eigenvalue weighted by Gasteiger charge is -2.25. The standard InChI is InChI=1S/C18H15Cl2F2N3O2S/c19-10-1-2-12-11(5-10)18(3-4-24(8-18)17(27)16(21)22)9-25(12)15(26)6-14-23-7-13(20)28-14/h1-2,5,7,16H,3-4,6,8-9H2. The summed E-state index contributed by atoms with van der Waals surface area (Å²) in [5.74, 6) is -1.34. The van der Waals surface area contributed by atoms with Gasteiger partial charge in [0.1, 0.15) is 9.34 Å². The molecule has 28 heavy (non-hydrogen) atoms. The zero-order valence-electron chi connectivity index (χ0n) is 14.5. The summed E-state index contributed by atoms with van der Waals surface area (Å²) in [6.07, 6.45) is -0.956. The number of carbonyl (C=O) groups excluding carboxylic acids is 2. The number of amides is 2. The first-order valence-electron chi connectivity index (χ1n) is 8.57.